The van der Waals surface area contributed by atoms with E-state index in [0.29, 0.717) is 44.0 Å². The second-order valence-electron chi connectivity index (χ2n) is 10.2. The normalized spacial score (nSPS) is 20.4. The van der Waals surface area contributed by atoms with Crippen molar-refractivity contribution in [3.8, 4) is 11.5 Å². The maximum Gasteiger partial charge on any atom is 0.311 e. The quantitative estimate of drug-likeness (QED) is 0.343. The Bertz CT molecular complexity index is 1230. The molecule has 10 heteroatoms. The van der Waals surface area contributed by atoms with Crippen LogP contribution in [-0.4, -0.2) is 73.4 Å². The van der Waals surface area contributed by atoms with E-state index in [4.69, 9.17) is 10.5 Å². The predicted molar refractivity (Wildman–Crippen MR) is 150 cm³/mol. The van der Waals surface area contributed by atoms with Gasteiger partial charge in [0.1, 0.15) is 23.0 Å². The molecule has 0 bridgehead atoms. The zero-order chi connectivity index (χ0) is 27.9. The summed E-state index contributed by atoms with van der Waals surface area (Å²) in [4.78, 5) is 32.8. The van der Waals surface area contributed by atoms with Crippen LogP contribution in [0.3, 0.4) is 0 Å². The van der Waals surface area contributed by atoms with Gasteiger partial charge in [0, 0.05) is 38.3 Å². The molecular formula is C29H36N6O4. The number of aliphatic carboxylic acids is 1. The lowest BCUT2D eigenvalue weighted by Gasteiger charge is -2.39. The number of piperidine rings is 1. The second kappa shape index (κ2) is 12.1. The number of carboxylic acid groups (broad SMARTS) is 1. The minimum atomic E-state index is -1.04. The maximum atomic E-state index is 12.5. The molecule has 1 unspecified atom stereocenters. The number of carbonyl (C=O) groups is 2. The summed E-state index contributed by atoms with van der Waals surface area (Å²) in [5.74, 6) is 0.915. The van der Waals surface area contributed by atoms with Crippen molar-refractivity contribution in [3.63, 3.8) is 0 Å². The molecule has 2 aromatic carbocycles. The molecule has 0 aromatic heterocycles. The van der Waals surface area contributed by atoms with Crippen molar-refractivity contribution in [1.29, 1.82) is 0 Å². The van der Waals surface area contributed by atoms with Crippen LogP contribution in [0.4, 0.5) is 0 Å². The van der Waals surface area contributed by atoms with Crippen molar-refractivity contribution < 1.29 is 19.4 Å². The van der Waals surface area contributed by atoms with Crippen LogP contribution >= 0.6 is 0 Å². The lowest BCUT2D eigenvalue weighted by atomic mass is 9.78. The van der Waals surface area contributed by atoms with Crippen molar-refractivity contribution in [1.82, 2.24) is 20.4 Å². The first-order chi connectivity index (χ1) is 18.7. The van der Waals surface area contributed by atoms with Gasteiger partial charge in [-0.05, 0) is 56.8 Å². The molecule has 0 radical (unpaired) electrons. The van der Waals surface area contributed by atoms with E-state index in [2.05, 4.69) is 15.6 Å². The SMILES string of the molecule is CN(C)C/C=C/C(=O)N1CCC(CNC2=CC(N)(c3ccc(Oc4ccccc4)cc3)NC=N2)(C(=O)O)CC1. The van der Waals surface area contributed by atoms with E-state index in [1.54, 1.807) is 17.1 Å². The van der Waals surface area contributed by atoms with E-state index in [0.717, 1.165) is 11.3 Å². The molecule has 0 spiro atoms. The van der Waals surface area contributed by atoms with Gasteiger partial charge in [0.25, 0.3) is 0 Å². The summed E-state index contributed by atoms with van der Waals surface area (Å²) in [6.07, 6.45) is 7.30. The van der Waals surface area contributed by atoms with Gasteiger partial charge in [-0.1, -0.05) is 36.4 Å². The Kier molecular flexibility index (Phi) is 8.68. The van der Waals surface area contributed by atoms with E-state index >= 15 is 0 Å². The van der Waals surface area contributed by atoms with Gasteiger partial charge >= 0.3 is 5.97 Å². The molecule has 0 aliphatic carbocycles. The highest BCUT2D eigenvalue weighted by Crippen LogP contribution is 2.32. The minimum Gasteiger partial charge on any atom is -0.481 e. The molecule has 4 rings (SSSR count). The number of ether oxygens (including phenoxy) is 1. The molecule has 1 amide bonds. The average Bonchev–Trinajstić information content (AvgIpc) is 2.93. The molecular weight excluding hydrogens is 496 g/mol. The largest absolute Gasteiger partial charge is 0.481 e. The number of para-hydroxylation sites is 1. The number of nitrogens with two attached hydrogens (primary N) is 1. The summed E-state index contributed by atoms with van der Waals surface area (Å²) in [6, 6.07) is 16.9. The summed E-state index contributed by atoms with van der Waals surface area (Å²) in [6.45, 7) is 1.59. The van der Waals surface area contributed by atoms with E-state index in [1.165, 1.54) is 6.34 Å². The van der Waals surface area contributed by atoms with Crippen LogP contribution in [-0.2, 0) is 15.3 Å². The molecule has 10 nitrogen and oxygen atoms in total. The number of nitrogens with one attached hydrogen (secondary N) is 2. The third-order valence-corrected chi connectivity index (χ3v) is 7.01. The first-order valence-electron chi connectivity index (χ1n) is 12.9. The minimum absolute atomic E-state index is 0.0948. The Hall–Kier alpha value is -4.15. The van der Waals surface area contributed by atoms with Gasteiger partial charge in [-0.3, -0.25) is 9.59 Å². The van der Waals surface area contributed by atoms with Crippen LogP contribution in [0, 0.1) is 5.41 Å². The Labute approximate surface area is 228 Å². The fourth-order valence-corrected chi connectivity index (χ4v) is 4.54. The topological polar surface area (TPSA) is 133 Å². The Morgan fingerprint density at radius 1 is 1.13 bits per heavy atom. The standard InChI is InChI=1S/C29H36N6O4/c1-34(2)16-6-9-26(36)35-17-14-28(15-18-35,27(37)38)20-31-25-19-29(30,33-21-32-25)22-10-12-24(13-11-22)39-23-7-4-3-5-8-23/h3-13,19,21,31H,14-18,20,30H2,1-2H3,(H,32,33)(H,37,38)/b9-6+. The van der Waals surface area contributed by atoms with E-state index < -0.39 is 17.0 Å². The zero-order valence-corrected chi connectivity index (χ0v) is 22.3. The van der Waals surface area contributed by atoms with Crippen LogP contribution in [0.25, 0.3) is 0 Å². The van der Waals surface area contributed by atoms with Gasteiger partial charge in [-0.15, -0.1) is 0 Å². The molecule has 0 saturated carbocycles. The summed E-state index contributed by atoms with van der Waals surface area (Å²) >= 11 is 0. The van der Waals surface area contributed by atoms with Gasteiger partial charge in [0.2, 0.25) is 5.91 Å². The number of rotatable bonds is 10. The number of carboxylic acids is 1. The molecule has 5 N–H and O–H groups in total. The number of benzene rings is 2. The average molecular weight is 533 g/mol. The highest BCUT2D eigenvalue weighted by Gasteiger charge is 2.42. The molecule has 2 aliphatic heterocycles. The number of likely N-dealkylation sites (N-methyl/N-ethyl adjacent to an activating group) is 1. The summed E-state index contributed by atoms with van der Waals surface area (Å²) in [5, 5.41) is 16.4. The predicted octanol–water partition coefficient (Wildman–Crippen LogP) is 2.46. The van der Waals surface area contributed by atoms with Gasteiger partial charge in [-0.25, -0.2) is 4.99 Å². The number of hydrogen-bond donors (Lipinski definition) is 4. The number of aliphatic imine (C=N–C) groups is 1. The van der Waals surface area contributed by atoms with Gasteiger partial charge in [0.05, 0.1) is 11.8 Å². The fraction of sp³-hybridized carbons (Fsp3) is 0.345. The number of hydrogen-bond acceptors (Lipinski definition) is 8. The maximum absolute atomic E-state index is 12.5. The molecule has 2 heterocycles. The summed E-state index contributed by atoms with van der Waals surface area (Å²) in [5.41, 5.74) is 5.39. The first kappa shape index (κ1) is 27.9. The highest BCUT2D eigenvalue weighted by molar-refractivity contribution is 5.88. The molecule has 206 valence electrons. The van der Waals surface area contributed by atoms with E-state index in [-0.39, 0.29) is 12.5 Å². The fourth-order valence-electron chi connectivity index (χ4n) is 4.54. The Morgan fingerprint density at radius 3 is 2.44 bits per heavy atom. The number of nitrogens with zero attached hydrogens (tertiary/aromatic N) is 3. The number of amides is 1. The third kappa shape index (κ3) is 7.04. The molecule has 1 saturated heterocycles. The zero-order valence-electron chi connectivity index (χ0n) is 22.3. The van der Waals surface area contributed by atoms with Crippen molar-refractivity contribution >= 4 is 18.2 Å². The smallest absolute Gasteiger partial charge is 0.311 e. The van der Waals surface area contributed by atoms with Crippen molar-refractivity contribution in [3.05, 3.63) is 84.2 Å². The van der Waals surface area contributed by atoms with E-state index in [1.807, 2.05) is 79.7 Å². The first-order valence-corrected chi connectivity index (χ1v) is 12.9. The number of likely N-dealkylation sites (tertiary alicyclic amines) is 1. The molecule has 39 heavy (non-hydrogen) atoms. The van der Waals surface area contributed by atoms with Crippen LogP contribution in [0.5, 0.6) is 11.5 Å². The lowest BCUT2D eigenvalue weighted by molar-refractivity contribution is -0.153. The second-order valence-corrected chi connectivity index (χ2v) is 10.2. The van der Waals surface area contributed by atoms with Gasteiger partial charge in [-0.2, -0.15) is 0 Å². The highest BCUT2D eigenvalue weighted by atomic mass is 16.5. The molecule has 1 atom stereocenters. The van der Waals surface area contributed by atoms with Gasteiger partial charge in [0.15, 0.2) is 0 Å². The summed E-state index contributed by atoms with van der Waals surface area (Å²) in [7, 11) is 3.86. The van der Waals surface area contributed by atoms with Crippen molar-refractivity contribution in [2.24, 2.45) is 16.1 Å². The molecule has 1 fully saturated rings. The Balaban J connectivity index is 1.38. The monoisotopic (exact) mass is 532 g/mol. The lowest BCUT2D eigenvalue weighted by Crippen LogP contribution is -2.52. The van der Waals surface area contributed by atoms with Crippen LogP contribution in [0.1, 0.15) is 18.4 Å². The van der Waals surface area contributed by atoms with Crippen LogP contribution < -0.4 is 21.1 Å². The molecule has 2 aromatic rings. The van der Waals surface area contributed by atoms with Crippen molar-refractivity contribution in [2.45, 2.75) is 18.5 Å². The van der Waals surface area contributed by atoms with Gasteiger partial charge < -0.3 is 36.0 Å². The summed E-state index contributed by atoms with van der Waals surface area (Å²) < 4.78 is 5.86. The third-order valence-electron chi connectivity index (χ3n) is 7.01. The Morgan fingerprint density at radius 2 is 1.79 bits per heavy atom. The van der Waals surface area contributed by atoms with Crippen LogP contribution in [0.2, 0.25) is 0 Å². The van der Waals surface area contributed by atoms with Crippen LogP contribution in [0.15, 0.2) is 83.6 Å². The van der Waals surface area contributed by atoms with Crippen molar-refractivity contribution in [2.75, 3.05) is 40.3 Å². The molecule has 2 aliphatic rings. The van der Waals surface area contributed by atoms with E-state index in [9.17, 15) is 14.7 Å². The number of carbonyl (C=O) groups excluding carboxylic acids is 1.